The number of carbonyl (C=O) groups is 4. The summed E-state index contributed by atoms with van der Waals surface area (Å²) < 4.78 is 19.2. The molecule has 10 heteroatoms. The zero-order chi connectivity index (χ0) is 20.0. The lowest BCUT2D eigenvalue weighted by Gasteiger charge is -2.43. The Morgan fingerprint density at radius 3 is 2.93 bits per heavy atom. The molecular weight excluding hydrogens is 371 g/mol. The molecule has 1 aromatic rings. The molecule has 4 heterocycles. The molecule has 0 aromatic carbocycles. The van der Waals surface area contributed by atoms with Crippen LogP contribution in [0.2, 0.25) is 0 Å². The minimum absolute atomic E-state index is 0.175. The zero-order valence-corrected chi connectivity index (χ0v) is 14.9. The molecule has 0 spiro atoms. The van der Waals surface area contributed by atoms with Crippen molar-refractivity contribution >= 4 is 23.4 Å². The van der Waals surface area contributed by atoms with Crippen LogP contribution < -0.4 is 5.32 Å². The van der Waals surface area contributed by atoms with E-state index in [2.05, 4.69) is 10.3 Å². The fourth-order valence-electron chi connectivity index (χ4n) is 3.61. The van der Waals surface area contributed by atoms with Crippen LogP contribution in [0.15, 0.2) is 30.2 Å². The highest BCUT2D eigenvalue weighted by Gasteiger charge is 2.52. The Balaban J connectivity index is 1.55. The second-order valence-electron chi connectivity index (χ2n) is 6.87. The SMILES string of the molecule is C[C@H]1CO[C@@H]2CN3C=C(C(=O)NCc4ccncc4F)C(=O)C(=O)C3C(=O)N12. The Morgan fingerprint density at radius 2 is 2.18 bits per heavy atom. The van der Waals surface area contributed by atoms with Crippen molar-refractivity contribution in [3.8, 4) is 0 Å². The Labute approximate surface area is 159 Å². The normalized spacial score (nSPS) is 26.7. The molecule has 2 amide bonds. The number of rotatable bonds is 3. The van der Waals surface area contributed by atoms with Crippen LogP contribution in [0.3, 0.4) is 0 Å². The molecule has 146 valence electrons. The molecular formula is C18H17FN4O5. The van der Waals surface area contributed by atoms with Crippen LogP contribution in [-0.2, 0) is 30.5 Å². The Morgan fingerprint density at radius 1 is 1.39 bits per heavy atom. The van der Waals surface area contributed by atoms with Gasteiger partial charge in [0.1, 0.15) is 17.6 Å². The van der Waals surface area contributed by atoms with Gasteiger partial charge in [0.05, 0.1) is 25.4 Å². The smallest absolute Gasteiger partial charge is 0.257 e. The summed E-state index contributed by atoms with van der Waals surface area (Å²) in [6, 6.07) is -0.0711. The van der Waals surface area contributed by atoms with Crippen molar-refractivity contribution < 1.29 is 28.3 Å². The van der Waals surface area contributed by atoms with E-state index >= 15 is 0 Å². The number of aromatic nitrogens is 1. The number of pyridine rings is 1. The van der Waals surface area contributed by atoms with E-state index in [0.717, 1.165) is 6.20 Å². The molecule has 4 rings (SSSR count). The molecule has 2 fully saturated rings. The maximum atomic E-state index is 13.6. The lowest BCUT2D eigenvalue weighted by atomic mass is 9.93. The first-order valence-electron chi connectivity index (χ1n) is 8.75. The number of ether oxygens (including phenoxy) is 1. The van der Waals surface area contributed by atoms with Crippen LogP contribution in [-0.4, -0.2) is 69.6 Å². The predicted octanol–water partition coefficient (Wildman–Crippen LogP) is -0.870. The number of nitrogens with zero attached hydrogens (tertiary/aromatic N) is 3. The molecule has 1 aromatic heterocycles. The monoisotopic (exact) mass is 388 g/mol. The summed E-state index contributed by atoms with van der Waals surface area (Å²) in [5, 5.41) is 2.42. The molecule has 3 atom stereocenters. The standard InChI is InChI=1S/C18H17FN4O5/c1-9-8-28-13-7-22-6-11(15(24)16(25)14(22)18(27)23(9)13)17(26)21-4-10-2-3-20-5-12(10)19/h2-3,5-6,9,13-14H,4,7-8H2,1H3,(H,21,26)/t9-,13+,14?/m0/s1. The maximum Gasteiger partial charge on any atom is 0.257 e. The van der Waals surface area contributed by atoms with Gasteiger partial charge >= 0.3 is 0 Å². The predicted molar refractivity (Wildman–Crippen MR) is 90.7 cm³/mol. The van der Waals surface area contributed by atoms with E-state index in [-0.39, 0.29) is 30.3 Å². The summed E-state index contributed by atoms with van der Waals surface area (Å²) in [5.41, 5.74) is -0.198. The van der Waals surface area contributed by atoms with Gasteiger partial charge in [0, 0.05) is 24.5 Å². The van der Waals surface area contributed by atoms with Crippen LogP contribution in [0, 0.1) is 5.82 Å². The molecule has 28 heavy (non-hydrogen) atoms. The molecule has 9 nitrogen and oxygen atoms in total. The third-order valence-corrected chi connectivity index (χ3v) is 5.05. The number of piperazine rings is 1. The van der Waals surface area contributed by atoms with Crippen LogP contribution in [0.1, 0.15) is 12.5 Å². The minimum Gasteiger partial charge on any atom is -0.354 e. The number of hydrogen-bond acceptors (Lipinski definition) is 7. The summed E-state index contributed by atoms with van der Waals surface area (Å²) in [5.74, 6) is -3.91. The van der Waals surface area contributed by atoms with Crippen LogP contribution in [0.4, 0.5) is 4.39 Å². The van der Waals surface area contributed by atoms with Gasteiger partial charge in [-0.1, -0.05) is 0 Å². The van der Waals surface area contributed by atoms with Gasteiger partial charge in [0.25, 0.3) is 11.8 Å². The molecule has 0 bridgehead atoms. The quantitative estimate of drug-likeness (QED) is 0.407. The first-order valence-corrected chi connectivity index (χ1v) is 8.75. The van der Waals surface area contributed by atoms with Crippen LogP contribution >= 0.6 is 0 Å². The van der Waals surface area contributed by atoms with E-state index in [0.29, 0.717) is 6.61 Å². The van der Waals surface area contributed by atoms with Crippen molar-refractivity contribution in [3.63, 3.8) is 0 Å². The van der Waals surface area contributed by atoms with E-state index in [1.807, 2.05) is 0 Å². The van der Waals surface area contributed by atoms with Gasteiger partial charge in [-0.25, -0.2) is 4.39 Å². The molecule has 0 radical (unpaired) electrons. The fourth-order valence-corrected chi connectivity index (χ4v) is 3.61. The number of fused-ring (bicyclic) bond motifs is 2. The highest BCUT2D eigenvalue weighted by atomic mass is 19.1. The zero-order valence-electron chi connectivity index (χ0n) is 14.9. The first kappa shape index (κ1) is 18.2. The van der Waals surface area contributed by atoms with E-state index in [1.165, 1.54) is 28.3 Å². The molecule has 0 saturated carbocycles. The molecule has 1 N–H and O–H groups in total. The average molecular weight is 388 g/mol. The summed E-state index contributed by atoms with van der Waals surface area (Å²) >= 11 is 0. The van der Waals surface area contributed by atoms with Gasteiger partial charge in [-0.15, -0.1) is 0 Å². The topological polar surface area (TPSA) is 109 Å². The van der Waals surface area contributed by atoms with Gasteiger partial charge in [-0.05, 0) is 13.0 Å². The van der Waals surface area contributed by atoms with Crippen molar-refractivity contribution in [2.45, 2.75) is 31.8 Å². The van der Waals surface area contributed by atoms with Crippen molar-refractivity contribution in [1.29, 1.82) is 0 Å². The Bertz CT molecular complexity index is 917. The number of carbonyl (C=O) groups excluding carboxylic acids is 4. The van der Waals surface area contributed by atoms with E-state index < -0.39 is 41.5 Å². The first-order chi connectivity index (χ1) is 13.4. The molecule has 2 saturated heterocycles. The lowest BCUT2D eigenvalue weighted by Crippen LogP contribution is -2.65. The van der Waals surface area contributed by atoms with E-state index in [4.69, 9.17) is 4.74 Å². The lowest BCUT2D eigenvalue weighted by molar-refractivity contribution is -0.159. The molecule has 1 unspecified atom stereocenters. The second kappa shape index (κ2) is 6.79. The van der Waals surface area contributed by atoms with E-state index in [1.54, 1.807) is 6.92 Å². The number of hydrogen-bond donors (Lipinski definition) is 1. The molecule has 3 aliphatic heterocycles. The van der Waals surface area contributed by atoms with Gasteiger partial charge in [0.15, 0.2) is 6.04 Å². The number of nitrogens with one attached hydrogen (secondary N) is 1. The highest BCUT2D eigenvalue weighted by molar-refractivity contribution is 6.53. The third-order valence-electron chi connectivity index (χ3n) is 5.05. The fraction of sp³-hybridized carbons (Fsp3) is 0.389. The Hall–Kier alpha value is -3.14. The second-order valence-corrected chi connectivity index (χ2v) is 6.87. The summed E-state index contributed by atoms with van der Waals surface area (Å²) in [7, 11) is 0. The number of ketones is 2. The number of amides is 2. The maximum absolute atomic E-state index is 13.6. The summed E-state index contributed by atoms with van der Waals surface area (Å²) in [6.07, 6.45) is 3.06. The highest BCUT2D eigenvalue weighted by Crippen LogP contribution is 2.29. The molecule has 3 aliphatic rings. The van der Waals surface area contributed by atoms with Gasteiger partial charge in [-0.3, -0.25) is 24.2 Å². The van der Waals surface area contributed by atoms with Gasteiger partial charge in [0.2, 0.25) is 11.6 Å². The largest absolute Gasteiger partial charge is 0.354 e. The summed E-state index contributed by atoms with van der Waals surface area (Å²) in [4.78, 5) is 56.5. The average Bonchev–Trinajstić information content (AvgIpc) is 3.04. The van der Waals surface area contributed by atoms with E-state index in [9.17, 15) is 23.6 Å². The Kier molecular flexibility index (Phi) is 4.42. The van der Waals surface area contributed by atoms with Gasteiger partial charge < -0.3 is 19.9 Å². The number of halogens is 1. The van der Waals surface area contributed by atoms with Crippen molar-refractivity contribution in [2.75, 3.05) is 13.2 Å². The third kappa shape index (κ3) is 2.85. The van der Waals surface area contributed by atoms with Crippen molar-refractivity contribution in [3.05, 3.63) is 41.6 Å². The van der Waals surface area contributed by atoms with Crippen LogP contribution in [0.25, 0.3) is 0 Å². The van der Waals surface area contributed by atoms with Crippen molar-refractivity contribution in [2.24, 2.45) is 0 Å². The van der Waals surface area contributed by atoms with Crippen molar-refractivity contribution in [1.82, 2.24) is 20.1 Å². The molecule has 0 aliphatic carbocycles. The van der Waals surface area contributed by atoms with Crippen LogP contribution in [0.5, 0.6) is 0 Å². The minimum atomic E-state index is -1.28. The van der Waals surface area contributed by atoms with Gasteiger partial charge in [-0.2, -0.15) is 0 Å². The summed E-state index contributed by atoms with van der Waals surface area (Å²) in [6.45, 7) is 2.14. The number of Topliss-reactive ketones (excluding diaryl/α,β-unsaturated/α-hetero) is 2.